The van der Waals surface area contributed by atoms with Crippen LogP contribution in [0.15, 0.2) is 30.3 Å². The molecule has 5 amide bonds. The Morgan fingerprint density at radius 3 is 2.38 bits per heavy atom. The normalized spacial score (nSPS) is 18.3. The molecule has 1 aromatic rings. The molecule has 2 aliphatic rings. The van der Waals surface area contributed by atoms with Gasteiger partial charge in [0.25, 0.3) is 0 Å². The van der Waals surface area contributed by atoms with Crippen molar-refractivity contribution >= 4 is 29.7 Å². The van der Waals surface area contributed by atoms with Gasteiger partial charge in [-0.2, -0.15) is 0 Å². The molecule has 1 heterocycles. The molecule has 1 atom stereocenters. The van der Waals surface area contributed by atoms with E-state index in [-0.39, 0.29) is 12.5 Å². The molecule has 0 spiro atoms. The summed E-state index contributed by atoms with van der Waals surface area (Å²) >= 11 is 0. The molecule has 0 radical (unpaired) electrons. The Morgan fingerprint density at radius 1 is 1.10 bits per heavy atom. The van der Waals surface area contributed by atoms with E-state index in [1.165, 1.54) is 7.11 Å². The third-order valence-corrected chi connectivity index (χ3v) is 5.18. The highest BCUT2D eigenvalue weighted by Gasteiger charge is 2.48. The first-order valence-corrected chi connectivity index (χ1v) is 9.52. The predicted molar refractivity (Wildman–Crippen MR) is 100 cm³/mol. The maximum Gasteiger partial charge on any atom is 0.334 e. The summed E-state index contributed by atoms with van der Waals surface area (Å²) in [6.07, 6.45) is 3.28. The summed E-state index contributed by atoms with van der Waals surface area (Å²) in [7, 11) is 1.21. The Labute approximate surface area is 168 Å². The number of ether oxygens (including phenoxy) is 1. The number of esters is 1. The summed E-state index contributed by atoms with van der Waals surface area (Å²) in [5.41, 5.74) is 0.805. The average molecular weight is 401 g/mol. The molecule has 1 aliphatic heterocycles. The molecule has 3 rings (SSSR count). The maximum atomic E-state index is 12.6. The quantitative estimate of drug-likeness (QED) is 0.407. The summed E-state index contributed by atoms with van der Waals surface area (Å²) in [6, 6.07) is 6.97. The SMILES string of the molecule is COC(=O)[C@H](Cc1ccccc1)NC(=O)CN1C(=O)C(=O)N(C2CCCC2)C1=O. The topological polar surface area (TPSA) is 113 Å². The highest BCUT2D eigenvalue weighted by molar-refractivity contribution is 6.45. The van der Waals surface area contributed by atoms with Crippen LogP contribution in [0.5, 0.6) is 0 Å². The smallest absolute Gasteiger partial charge is 0.334 e. The van der Waals surface area contributed by atoms with Gasteiger partial charge in [-0.25, -0.2) is 14.5 Å². The van der Waals surface area contributed by atoms with Gasteiger partial charge in [-0.3, -0.25) is 19.3 Å². The first kappa shape index (κ1) is 20.5. The summed E-state index contributed by atoms with van der Waals surface area (Å²) in [4.78, 5) is 63.1. The van der Waals surface area contributed by atoms with Gasteiger partial charge in [0.2, 0.25) is 5.91 Å². The van der Waals surface area contributed by atoms with E-state index >= 15 is 0 Å². The van der Waals surface area contributed by atoms with Crippen LogP contribution in [0.1, 0.15) is 31.2 Å². The van der Waals surface area contributed by atoms with E-state index in [9.17, 15) is 24.0 Å². The number of carbonyl (C=O) groups excluding carboxylic acids is 5. The number of nitrogens with zero attached hydrogens (tertiary/aromatic N) is 2. The van der Waals surface area contributed by atoms with Gasteiger partial charge in [0.05, 0.1) is 7.11 Å². The van der Waals surface area contributed by atoms with Crippen molar-refractivity contribution in [3.63, 3.8) is 0 Å². The number of carbonyl (C=O) groups is 5. The fourth-order valence-corrected chi connectivity index (χ4v) is 3.72. The predicted octanol–water partition coefficient (Wildman–Crippen LogP) is 0.620. The van der Waals surface area contributed by atoms with E-state index in [4.69, 9.17) is 4.74 Å². The van der Waals surface area contributed by atoms with E-state index in [0.29, 0.717) is 17.7 Å². The molecule has 1 N–H and O–H groups in total. The summed E-state index contributed by atoms with van der Waals surface area (Å²) in [6.45, 7) is -0.630. The Bertz CT molecular complexity index is 819. The van der Waals surface area contributed by atoms with Gasteiger partial charge in [-0.05, 0) is 18.4 Å². The second kappa shape index (κ2) is 8.85. The van der Waals surface area contributed by atoms with E-state index in [1.54, 1.807) is 24.3 Å². The molecule has 9 nitrogen and oxygen atoms in total. The maximum absolute atomic E-state index is 12.6. The van der Waals surface area contributed by atoms with Crippen LogP contribution in [0, 0.1) is 0 Å². The summed E-state index contributed by atoms with van der Waals surface area (Å²) in [5.74, 6) is -3.29. The van der Waals surface area contributed by atoms with Crippen molar-refractivity contribution in [3.05, 3.63) is 35.9 Å². The van der Waals surface area contributed by atoms with Crippen molar-refractivity contribution in [3.8, 4) is 0 Å². The Kier molecular flexibility index (Phi) is 6.26. The van der Waals surface area contributed by atoms with Gasteiger partial charge in [-0.15, -0.1) is 0 Å². The van der Waals surface area contributed by atoms with Crippen molar-refractivity contribution in [1.82, 2.24) is 15.1 Å². The number of rotatable bonds is 7. The fourth-order valence-electron chi connectivity index (χ4n) is 3.72. The Morgan fingerprint density at radius 2 is 1.76 bits per heavy atom. The van der Waals surface area contributed by atoms with Gasteiger partial charge >= 0.3 is 23.8 Å². The summed E-state index contributed by atoms with van der Waals surface area (Å²) < 4.78 is 4.74. The number of hydrogen-bond donors (Lipinski definition) is 1. The molecule has 154 valence electrons. The van der Waals surface area contributed by atoms with Crippen LogP contribution in [-0.4, -0.2) is 65.3 Å². The highest BCUT2D eigenvalue weighted by atomic mass is 16.5. The number of methoxy groups -OCH3 is 1. The second-order valence-corrected chi connectivity index (χ2v) is 7.12. The first-order chi connectivity index (χ1) is 13.9. The number of benzene rings is 1. The number of hydrogen-bond acceptors (Lipinski definition) is 6. The minimum atomic E-state index is -1.02. The number of amides is 5. The molecular formula is C20H23N3O6. The van der Waals surface area contributed by atoms with E-state index in [2.05, 4.69) is 5.32 Å². The molecule has 29 heavy (non-hydrogen) atoms. The van der Waals surface area contributed by atoms with Crippen molar-refractivity contribution in [2.75, 3.05) is 13.7 Å². The minimum Gasteiger partial charge on any atom is -0.467 e. The van der Waals surface area contributed by atoms with Gasteiger partial charge < -0.3 is 10.1 Å². The van der Waals surface area contributed by atoms with E-state index in [1.807, 2.05) is 6.07 Å². The number of imide groups is 2. The minimum absolute atomic E-state index is 0.189. The van der Waals surface area contributed by atoms with Crippen LogP contribution in [0.3, 0.4) is 0 Å². The summed E-state index contributed by atoms with van der Waals surface area (Å²) in [5, 5.41) is 2.49. The monoisotopic (exact) mass is 401 g/mol. The number of urea groups is 1. The molecule has 1 aliphatic carbocycles. The molecule has 9 heteroatoms. The largest absolute Gasteiger partial charge is 0.467 e. The zero-order valence-electron chi connectivity index (χ0n) is 16.1. The van der Waals surface area contributed by atoms with Crippen molar-refractivity contribution < 1.29 is 28.7 Å². The van der Waals surface area contributed by atoms with E-state index in [0.717, 1.165) is 23.3 Å². The highest BCUT2D eigenvalue weighted by Crippen LogP contribution is 2.27. The number of nitrogens with one attached hydrogen (secondary N) is 1. The average Bonchev–Trinajstić information content (AvgIpc) is 3.31. The lowest BCUT2D eigenvalue weighted by Crippen LogP contribution is -2.48. The lowest BCUT2D eigenvalue weighted by molar-refractivity contribution is -0.146. The Balaban J connectivity index is 1.66. The van der Waals surface area contributed by atoms with Crippen LogP contribution < -0.4 is 5.32 Å². The molecule has 0 bridgehead atoms. The van der Waals surface area contributed by atoms with Crippen molar-refractivity contribution in [1.29, 1.82) is 0 Å². The third kappa shape index (κ3) is 4.44. The zero-order chi connectivity index (χ0) is 21.0. The molecule has 1 aromatic carbocycles. The third-order valence-electron chi connectivity index (χ3n) is 5.18. The molecule has 0 aromatic heterocycles. The first-order valence-electron chi connectivity index (χ1n) is 9.52. The zero-order valence-corrected chi connectivity index (χ0v) is 16.1. The molecule has 0 unspecified atom stereocenters. The van der Waals surface area contributed by atoms with Crippen LogP contribution in [0.4, 0.5) is 4.79 Å². The van der Waals surface area contributed by atoms with E-state index < -0.39 is 42.3 Å². The molecular weight excluding hydrogens is 378 g/mol. The second-order valence-electron chi connectivity index (χ2n) is 7.12. The van der Waals surface area contributed by atoms with Gasteiger partial charge in [-0.1, -0.05) is 43.2 Å². The van der Waals surface area contributed by atoms with Gasteiger partial charge in [0, 0.05) is 12.5 Å². The molecule has 2 fully saturated rings. The van der Waals surface area contributed by atoms with Crippen LogP contribution in [0.25, 0.3) is 0 Å². The molecule has 1 saturated carbocycles. The lowest BCUT2D eigenvalue weighted by Gasteiger charge is -2.21. The van der Waals surface area contributed by atoms with Gasteiger partial charge in [0.15, 0.2) is 0 Å². The Hall–Kier alpha value is -3.23. The molecule has 1 saturated heterocycles. The fraction of sp³-hybridized carbons (Fsp3) is 0.450. The van der Waals surface area contributed by atoms with Crippen LogP contribution in [0.2, 0.25) is 0 Å². The van der Waals surface area contributed by atoms with Crippen LogP contribution >= 0.6 is 0 Å². The van der Waals surface area contributed by atoms with Crippen LogP contribution in [-0.2, 0) is 30.3 Å². The standard InChI is InChI=1S/C20H23N3O6/c1-29-19(27)15(11-13-7-3-2-4-8-13)21-16(24)12-22-17(25)18(26)23(20(22)28)14-9-5-6-10-14/h2-4,7-8,14-15H,5-6,9-12H2,1H3,(H,21,24)/t15-/m0/s1. The van der Waals surface area contributed by atoms with Crippen molar-refractivity contribution in [2.24, 2.45) is 0 Å². The van der Waals surface area contributed by atoms with Crippen molar-refractivity contribution in [2.45, 2.75) is 44.2 Å². The van der Waals surface area contributed by atoms with Gasteiger partial charge in [0.1, 0.15) is 12.6 Å². The lowest BCUT2D eigenvalue weighted by atomic mass is 10.1.